The zero-order valence-electron chi connectivity index (χ0n) is 12.6. The average Bonchev–Trinajstić information content (AvgIpc) is 2.59. The number of benzene rings is 2. The van der Waals surface area contributed by atoms with Gasteiger partial charge in [-0.15, -0.1) is 0 Å². The minimum atomic E-state index is -3.45. The van der Waals surface area contributed by atoms with Gasteiger partial charge in [-0.05, 0) is 17.7 Å². The molecule has 6 heteroatoms. The standard InChI is InChI=1S/C16H19N2O3P/c1-20-22(19,21-2)16(18-15-11-7-4-8-12-15)17-13-14-9-5-3-6-10-14/h3-12H,13H2,1-2H3,(H,17,18). The maximum Gasteiger partial charge on any atom is 0.395 e. The first kappa shape index (κ1) is 16.4. The molecule has 5 nitrogen and oxygen atoms in total. The molecule has 1 N–H and O–H groups in total. The normalized spacial score (nSPS) is 12.2. The molecule has 0 bridgehead atoms. The fraction of sp³-hybridized carbons (Fsp3) is 0.188. The number of hydrogen-bond donors (Lipinski definition) is 1. The van der Waals surface area contributed by atoms with Gasteiger partial charge in [-0.1, -0.05) is 48.5 Å². The van der Waals surface area contributed by atoms with Gasteiger partial charge in [-0.2, -0.15) is 0 Å². The highest BCUT2D eigenvalue weighted by molar-refractivity contribution is 7.72. The lowest BCUT2D eigenvalue weighted by Gasteiger charge is -2.17. The topological polar surface area (TPSA) is 59.9 Å². The molecular weight excluding hydrogens is 299 g/mol. The van der Waals surface area contributed by atoms with Gasteiger partial charge >= 0.3 is 7.60 Å². The van der Waals surface area contributed by atoms with Crippen LogP contribution < -0.4 is 5.32 Å². The van der Waals surface area contributed by atoms with Gasteiger partial charge in [0.2, 0.25) is 5.58 Å². The third-order valence-corrected chi connectivity index (χ3v) is 4.76. The smallest absolute Gasteiger partial charge is 0.334 e. The summed E-state index contributed by atoms with van der Waals surface area (Å²) in [6.45, 7) is 0.382. The van der Waals surface area contributed by atoms with Gasteiger partial charge in [0.1, 0.15) is 0 Å². The second kappa shape index (κ2) is 7.90. The Morgan fingerprint density at radius 3 is 2.09 bits per heavy atom. The summed E-state index contributed by atoms with van der Waals surface area (Å²) in [5.41, 5.74) is 1.96. The lowest BCUT2D eigenvalue weighted by molar-refractivity contribution is 0.290. The van der Waals surface area contributed by atoms with E-state index in [-0.39, 0.29) is 5.58 Å². The number of para-hydroxylation sites is 1. The van der Waals surface area contributed by atoms with E-state index in [9.17, 15) is 4.57 Å². The zero-order valence-corrected chi connectivity index (χ0v) is 13.5. The molecule has 2 aromatic rings. The molecule has 0 aliphatic heterocycles. The van der Waals surface area contributed by atoms with Crippen LogP contribution in [0.3, 0.4) is 0 Å². The van der Waals surface area contributed by atoms with Gasteiger partial charge in [0, 0.05) is 19.9 Å². The zero-order chi connectivity index (χ0) is 15.8. The highest BCUT2D eigenvalue weighted by Gasteiger charge is 2.29. The number of rotatable bonds is 6. The molecule has 0 amide bonds. The van der Waals surface area contributed by atoms with Crippen LogP contribution in [0, 0.1) is 0 Å². The van der Waals surface area contributed by atoms with Crippen molar-refractivity contribution in [1.29, 1.82) is 0 Å². The molecule has 0 aliphatic carbocycles. The first-order valence-corrected chi connectivity index (χ1v) is 8.35. The van der Waals surface area contributed by atoms with Crippen LogP contribution >= 0.6 is 7.60 Å². The lowest BCUT2D eigenvalue weighted by atomic mass is 10.2. The number of anilines is 1. The van der Waals surface area contributed by atoms with Crippen molar-refractivity contribution in [3.05, 3.63) is 66.2 Å². The summed E-state index contributed by atoms with van der Waals surface area (Å²) in [5.74, 6) is 0. The summed E-state index contributed by atoms with van der Waals surface area (Å²) in [5, 5.41) is 3.03. The molecule has 2 rings (SSSR count). The summed E-state index contributed by atoms with van der Waals surface area (Å²) in [6, 6.07) is 19.1. The van der Waals surface area contributed by atoms with Gasteiger partial charge in [-0.25, -0.2) is 0 Å². The minimum Gasteiger partial charge on any atom is -0.334 e. The van der Waals surface area contributed by atoms with Crippen LogP contribution in [-0.2, 0) is 20.2 Å². The van der Waals surface area contributed by atoms with E-state index < -0.39 is 7.60 Å². The van der Waals surface area contributed by atoms with Crippen LogP contribution in [-0.4, -0.2) is 19.8 Å². The van der Waals surface area contributed by atoms with E-state index in [2.05, 4.69) is 10.3 Å². The summed E-state index contributed by atoms with van der Waals surface area (Å²) < 4.78 is 22.7. The Balaban J connectivity index is 2.27. The van der Waals surface area contributed by atoms with Gasteiger partial charge in [0.05, 0.1) is 6.54 Å². The number of nitrogens with one attached hydrogen (secondary N) is 1. The molecule has 0 heterocycles. The van der Waals surface area contributed by atoms with Gasteiger partial charge in [0.15, 0.2) is 0 Å². The third kappa shape index (κ3) is 4.28. The van der Waals surface area contributed by atoms with E-state index >= 15 is 0 Å². The van der Waals surface area contributed by atoms with Crippen molar-refractivity contribution in [2.75, 3.05) is 19.5 Å². The largest absolute Gasteiger partial charge is 0.395 e. The predicted octanol–water partition coefficient (Wildman–Crippen LogP) is 4.14. The first-order chi connectivity index (χ1) is 10.7. The van der Waals surface area contributed by atoms with E-state index in [0.717, 1.165) is 11.3 Å². The third-order valence-electron chi connectivity index (χ3n) is 3.02. The summed E-state index contributed by atoms with van der Waals surface area (Å²) in [4.78, 5) is 4.40. The van der Waals surface area contributed by atoms with E-state index in [1.54, 1.807) is 0 Å². The van der Waals surface area contributed by atoms with Crippen LogP contribution in [0.2, 0.25) is 0 Å². The first-order valence-electron chi connectivity index (χ1n) is 6.80. The highest BCUT2D eigenvalue weighted by atomic mass is 31.2. The Morgan fingerprint density at radius 2 is 1.55 bits per heavy atom. The maximum atomic E-state index is 12.6. The lowest BCUT2D eigenvalue weighted by Crippen LogP contribution is -2.15. The van der Waals surface area contributed by atoms with Crippen molar-refractivity contribution < 1.29 is 13.6 Å². The summed E-state index contributed by atoms with van der Waals surface area (Å²) in [7, 11) is -0.770. The van der Waals surface area contributed by atoms with Crippen LogP contribution in [0.15, 0.2) is 65.7 Å². The van der Waals surface area contributed by atoms with Crippen molar-refractivity contribution in [2.45, 2.75) is 6.54 Å². The van der Waals surface area contributed by atoms with Crippen LogP contribution in [0.4, 0.5) is 5.69 Å². The van der Waals surface area contributed by atoms with Gasteiger partial charge < -0.3 is 14.4 Å². The summed E-state index contributed by atoms with van der Waals surface area (Å²) >= 11 is 0. The number of aliphatic imine (C=N–C) groups is 1. The van der Waals surface area contributed by atoms with Crippen molar-refractivity contribution >= 4 is 18.9 Å². The molecule has 0 aliphatic rings. The van der Waals surface area contributed by atoms with E-state index in [1.807, 2.05) is 60.7 Å². The Kier molecular flexibility index (Phi) is 5.90. The average molecular weight is 318 g/mol. The van der Waals surface area contributed by atoms with Crippen molar-refractivity contribution in [1.82, 2.24) is 0 Å². The van der Waals surface area contributed by atoms with Crippen molar-refractivity contribution in [3.8, 4) is 0 Å². The van der Waals surface area contributed by atoms with Gasteiger partial charge in [-0.3, -0.25) is 9.56 Å². The van der Waals surface area contributed by atoms with Crippen LogP contribution in [0.1, 0.15) is 5.56 Å². The SMILES string of the molecule is COP(=O)(OC)C(=NCc1ccccc1)Nc1ccccc1. The Morgan fingerprint density at radius 1 is 1.00 bits per heavy atom. The molecule has 0 radical (unpaired) electrons. The second-order valence-corrected chi connectivity index (χ2v) is 6.63. The molecule has 116 valence electrons. The minimum absolute atomic E-state index is 0.188. The molecule has 0 saturated heterocycles. The van der Waals surface area contributed by atoms with Crippen molar-refractivity contribution in [2.24, 2.45) is 4.99 Å². The highest BCUT2D eigenvalue weighted by Crippen LogP contribution is 2.48. The van der Waals surface area contributed by atoms with E-state index in [1.165, 1.54) is 14.2 Å². The molecule has 22 heavy (non-hydrogen) atoms. The second-order valence-electron chi connectivity index (χ2n) is 4.48. The Bertz CT molecular complexity index is 652. The quantitative estimate of drug-likeness (QED) is 0.494. The van der Waals surface area contributed by atoms with Gasteiger partial charge in [0.25, 0.3) is 0 Å². The number of hydrogen-bond acceptors (Lipinski definition) is 4. The Labute approximate surface area is 130 Å². The molecular formula is C16H19N2O3P. The van der Waals surface area contributed by atoms with E-state index in [4.69, 9.17) is 9.05 Å². The molecule has 0 spiro atoms. The molecule has 0 fully saturated rings. The number of amidine groups is 1. The maximum absolute atomic E-state index is 12.6. The predicted molar refractivity (Wildman–Crippen MR) is 89.3 cm³/mol. The molecule has 0 aromatic heterocycles. The number of nitrogens with zero attached hydrogens (tertiary/aromatic N) is 1. The van der Waals surface area contributed by atoms with E-state index in [0.29, 0.717) is 6.54 Å². The van der Waals surface area contributed by atoms with Crippen molar-refractivity contribution in [3.63, 3.8) is 0 Å². The van der Waals surface area contributed by atoms with Crippen LogP contribution in [0.5, 0.6) is 0 Å². The molecule has 0 saturated carbocycles. The van der Waals surface area contributed by atoms with Crippen LogP contribution in [0.25, 0.3) is 0 Å². The molecule has 0 atom stereocenters. The molecule has 2 aromatic carbocycles. The monoisotopic (exact) mass is 318 g/mol. The summed E-state index contributed by atoms with van der Waals surface area (Å²) in [6.07, 6.45) is 0. The molecule has 0 unspecified atom stereocenters. The fourth-order valence-corrected chi connectivity index (χ4v) is 2.85. The Hall–Kier alpha value is -1.94. The fourth-order valence-electron chi connectivity index (χ4n) is 1.84.